The Morgan fingerprint density at radius 2 is 1.96 bits per heavy atom. The summed E-state index contributed by atoms with van der Waals surface area (Å²) < 4.78 is 1.74. The van der Waals surface area contributed by atoms with Gasteiger partial charge in [-0.3, -0.25) is 9.48 Å². The van der Waals surface area contributed by atoms with Gasteiger partial charge in [0.05, 0.1) is 11.9 Å². The number of hydrogen-bond donors (Lipinski definition) is 1. The van der Waals surface area contributed by atoms with Crippen LogP contribution in [0.3, 0.4) is 0 Å². The molecule has 4 heterocycles. The number of anilines is 3. The molecule has 2 unspecified atom stereocenters. The number of piperazine rings is 1. The molecular weight excluding hydrogens is 330 g/mol. The molecule has 2 aromatic heterocycles. The number of nitrogens with zero attached hydrogens (tertiary/aromatic N) is 6. The lowest BCUT2D eigenvalue weighted by Crippen LogP contribution is -2.56. The first kappa shape index (κ1) is 15.6. The summed E-state index contributed by atoms with van der Waals surface area (Å²) in [5.74, 6) is 2.18. The summed E-state index contributed by atoms with van der Waals surface area (Å²) in [6, 6.07) is 2.60. The van der Waals surface area contributed by atoms with Crippen molar-refractivity contribution in [3.63, 3.8) is 0 Å². The van der Waals surface area contributed by atoms with E-state index in [0.29, 0.717) is 29.9 Å². The first-order valence-electron chi connectivity index (χ1n) is 9.33. The second-order valence-corrected chi connectivity index (χ2v) is 7.58. The molecular formula is C18H23N7O. The van der Waals surface area contributed by atoms with Gasteiger partial charge in [-0.2, -0.15) is 10.1 Å². The molecule has 2 bridgehead atoms. The van der Waals surface area contributed by atoms with E-state index in [2.05, 4.69) is 30.2 Å². The molecule has 2 aromatic rings. The first-order valence-corrected chi connectivity index (χ1v) is 9.33. The fourth-order valence-corrected chi connectivity index (χ4v) is 4.19. The average molecular weight is 353 g/mol. The average Bonchev–Trinajstić information content (AvgIpc) is 3.36. The van der Waals surface area contributed by atoms with Crippen molar-refractivity contribution in [1.29, 1.82) is 0 Å². The number of hydrogen-bond acceptors (Lipinski definition) is 6. The Kier molecular flexibility index (Phi) is 3.58. The van der Waals surface area contributed by atoms with Crippen LogP contribution < -0.4 is 10.2 Å². The molecule has 1 N–H and O–H groups in total. The molecule has 26 heavy (non-hydrogen) atoms. The monoisotopic (exact) mass is 353 g/mol. The number of carbonyl (C=O) groups excluding carboxylic acids is 1. The summed E-state index contributed by atoms with van der Waals surface area (Å²) in [6.45, 7) is 1.72. The maximum absolute atomic E-state index is 12.6. The van der Waals surface area contributed by atoms with E-state index < -0.39 is 0 Å². The zero-order valence-corrected chi connectivity index (χ0v) is 14.9. The molecule has 1 amide bonds. The molecule has 3 aliphatic rings. The van der Waals surface area contributed by atoms with Gasteiger partial charge in [0.25, 0.3) is 0 Å². The van der Waals surface area contributed by atoms with E-state index in [1.54, 1.807) is 17.1 Å². The SMILES string of the molecule is Cn1cc(Nc2nccc(N3CC4CCC(C3)N4C(=O)C3CC3)n2)cn1. The Balaban J connectivity index is 1.32. The fourth-order valence-electron chi connectivity index (χ4n) is 4.19. The van der Waals surface area contributed by atoms with Crippen LogP contribution in [0.5, 0.6) is 0 Å². The standard InChI is InChI=1S/C18H23N7O/c1-23-9-13(8-20-23)21-18-19-7-6-16(22-18)24-10-14-4-5-15(11-24)25(14)17(26)12-2-3-12/h6-9,12,14-15H,2-5,10-11H2,1H3,(H,19,21,22). The number of aromatic nitrogens is 4. The van der Waals surface area contributed by atoms with E-state index in [-0.39, 0.29) is 0 Å². The summed E-state index contributed by atoms with van der Waals surface area (Å²) >= 11 is 0. The molecule has 2 aliphatic heterocycles. The number of carbonyl (C=O) groups is 1. The topological polar surface area (TPSA) is 79.2 Å². The molecule has 136 valence electrons. The lowest BCUT2D eigenvalue weighted by atomic mass is 10.1. The second-order valence-electron chi connectivity index (χ2n) is 7.58. The maximum atomic E-state index is 12.6. The van der Waals surface area contributed by atoms with Gasteiger partial charge < -0.3 is 15.1 Å². The second kappa shape index (κ2) is 5.96. The summed E-state index contributed by atoms with van der Waals surface area (Å²) in [7, 11) is 1.88. The predicted octanol–water partition coefficient (Wildman–Crippen LogP) is 1.54. The Labute approximate surface area is 152 Å². The largest absolute Gasteiger partial charge is 0.352 e. The van der Waals surface area contributed by atoms with Crippen molar-refractivity contribution in [3.05, 3.63) is 24.7 Å². The summed E-state index contributed by atoms with van der Waals surface area (Å²) in [5.41, 5.74) is 0.865. The van der Waals surface area contributed by atoms with Crippen molar-refractivity contribution in [1.82, 2.24) is 24.6 Å². The molecule has 3 fully saturated rings. The molecule has 0 radical (unpaired) electrons. The highest BCUT2D eigenvalue weighted by molar-refractivity contribution is 5.82. The van der Waals surface area contributed by atoms with Gasteiger partial charge >= 0.3 is 0 Å². The van der Waals surface area contributed by atoms with Crippen molar-refractivity contribution >= 4 is 23.4 Å². The summed E-state index contributed by atoms with van der Waals surface area (Å²) in [6.07, 6.45) is 9.78. The number of amides is 1. The fraction of sp³-hybridized carbons (Fsp3) is 0.556. The molecule has 8 nitrogen and oxygen atoms in total. The van der Waals surface area contributed by atoms with E-state index in [9.17, 15) is 4.79 Å². The minimum absolute atomic E-state index is 0.305. The van der Waals surface area contributed by atoms with Crippen LogP contribution in [0, 0.1) is 5.92 Å². The number of fused-ring (bicyclic) bond motifs is 2. The van der Waals surface area contributed by atoms with E-state index in [4.69, 9.17) is 0 Å². The summed E-state index contributed by atoms with van der Waals surface area (Å²) in [5, 5.41) is 7.34. The third-order valence-electron chi connectivity index (χ3n) is 5.59. The van der Waals surface area contributed by atoms with Crippen LogP contribution in [0.4, 0.5) is 17.5 Å². The van der Waals surface area contributed by atoms with E-state index >= 15 is 0 Å². The van der Waals surface area contributed by atoms with Gasteiger partial charge in [-0.25, -0.2) is 4.98 Å². The Bertz CT molecular complexity index is 816. The quantitative estimate of drug-likeness (QED) is 0.898. The molecule has 1 aliphatic carbocycles. The number of aryl methyl sites for hydroxylation is 1. The minimum Gasteiger partial charge on any atom is -0.352 e. The summed E-state index contributed by atoms with van der Waals surface area (Å²) in [4.78, 5) is 26.1. The van der Waals surface area contributed by atoms with Crippen LogP contribution in [0.2, 0.25) is 0 Å². The Hall–Kier alpha value is -2.64. The first-order chi connectivity index (χ1) is 12.7. The molecule has 2 atom stereocenters. The maximum Gasteiger partial charge on any atom is 0.229 e. The molecule has 0 spiro atoms. The highest BCUT2D eigenvalue weighted by atomic mass is 16.2. The Morgan fingerprint density at radius 1 is 1.19 bits per heavy atom. The third kappa shape index (κ3) is 2.79. The van der Waals surface area contributed by atoms with Gasteiger partial charge in [-0.15, -0.1) is 0 Å². The Morgan fingerprint density at radius 3 is 2.62 bits per heavy atom. The smallest absolute Gasteiger partial charge is 0.229 e. The van der Waals surface area contributed by atoms with Crippen LogP contribution in [-0.2, 0) is 11.8 Å². The van der Waals surface area contributed by atoms with Crippen LogP contribution in [0.15, 0.2) is 24.7 Å². The molecule has 5 rings (SSSR count). The molecule has 1 saturated carbocycles. The van der Waals surface area contributed by atoms with Gasteiger partial charge in [0.15, 0.2) is 0 Å². The van der Waals surface area contributed by atoms with Gasteiger partial charge in [-0.05, 0) is 31.7 Å². The van der Waals surface area contributed by atoms with Crippen LogP contribution in [-0.4, -0.2) is 55.7 Å². The van der Waals surface area contributed by atoms with Crippen molar-refractivity contribution in [2.75, 3.05) is 23.3 Å². The van der Waals surface area contributed by atoms with Crippen molar-refractivity contribution in [3.8, 4) is 0 Å². The van der Waals surface area contributed by atoms with Crippen molar-refractivity contribution < 1.29 is 4.79 Å². The minimum atomic E-state index is 0.305. The van der Waals surface area contributed by atoms with Crippen LogP contribution in [0.1, 0.15) is 25.7 Å². The van der Waals surface area contributed by atoms with Gasteiger partial charge in [0.1, 0.15) is 5.82 Å². The normalized spacial score (nSPS) is 24.8. The number of rotatable bonds is 4. The third-order valence-corrected chi connectivity index (χ3v) is 5.59. The van der Waals surface area contributed by atoms with E-state index in [1.165, 1.54) is 0 Å². The van der Waals surface area contributed by atoms with Crippen molar-refractivity contribution in [2.24, 2.45) is 13.0 Å². The lowest BCUT2D eigenvalue weighted by Gasteiger charge is -2.41. The number of nitrogens with one attached hydrogen (secondary N) is 1. The molecule has 0 aromatic carbocycles. The zero-order chi connectivity index (χ0) is 17.7. The van der Waals surface area contributed by atoms with Crippen molar-refractivity contribution in [2.45, 2.75) is 37.8 Å². The molecule has 8 heteroatoms. The zero-order valence-electron chi connectivity index (χ0n) is 14.9. The van der Waals surface area contributed by atoms with Gasteiger partial charge in [-0.1, -0.05) is 0 Å². The van der Waals surface area contributed by atoms with Gasteiger partial charge in [0.2, 0.25) is 11.9 Å². The highest BCUT2D eigenvalue weighted by Crippen LogP contribution is 2.38. The predicted molar refractivity (Wildman–Crippen MR) is 97.1 cm³/mol. The highest BCUT2D eigenvalue weighted by Gasteiger charge is 2.46. The lowest BCUT2D eigenvalue weighted by molar-refractivity contribution is -0.135. The van der Waals surface area contributed by atoms with Crippen LogP contribution in [0.25, 0.3) is 0 Å². The van der Waals surface area contributed by atoms with Crippen LogP contribution >= 0.6 is 0 Å². The molecule has 2 saturated heterocycles. The van der Waals surface area contributed by atoms with E-state index in [1.807, 2.05) is 19.3 Å². The van der Waals surface area contributed by atoms with Gasteiger partial charge in [0, 0.05) is 50.5 Å². The van der Waals surface area contributed by atoms with E-state index in [0.717, 1.165) is 50.3 Å².